The van der Waals surface area contributed by atoms with Crippen molar-refractivity contribution >= 4 is 12.6 Å². The second-order valence-electron chi connectivity index (χ2n) is 6.60. The predicted octanol–water partition coefficient (Wildman–Crippen LogP) is 1.45. The summed E-state index contributed by atoms with van der Waals surface area (Å²) >= 11 is 0. The van der Waals surface area contributed by atoms with Crippen molar-refractivity contribution in [3.63, 3.8) is 0 Å². The number of rotatable bonds is 10. The van der Waals surface area contributed by atoms with Gasteiger partial charge in [-0.1, -0.05) is 6.08 Å². The van der Waals surface area contributed by atoms with Crippen molar-refractivity contribution in [2.24, 2.45) is 4.99 Å². The number of aliphatic imine (C=N–C) groups is 1. The van der Waals surface area contributed by atoms with Gasteiger partial charge in [0.05, 0.1) is 29.3 Å². The van der Waals surface area contributed by atoms with Crippen LogP contribution in [0.1, 0.15) is 13.3 Å². The minimum Gasteiger partial charge on any atom is -0.457 e. The molecule has 0 unspecified atom stereocenters. The van der Waals surface area contributed by atoms with Gasteiger partial charge in [-0.15, -0.1) is 0 Å². The lowest BCUT2D eigenvalue weighted by Crippen LogP contribution is -2.54. The summed E-state index contributed by atoms with van der Waals surface area (Å²) in [7, 11) is 3.28. The molecule has 0 radical (unpaired) electrons. The van der Waals surface area contributed by atoms with Crippen LogP contribution in [0.25, 0.3) is 0 Å². The lowest BCUT2D eigenvalue weighted by Gasteiger charge is -2.37. The highest BCUT2D eigenvalue weighted by atomic mass is 16.6. The average Bonchev–Trinajstić information content (AvgIpc) is 2.91. The second-order valence-corrected chi connectivity index (χ2v) is 6.60. The molecule has 162 valence electrons. The summed E-state index contributed by atoms with van der Waals surface area (Å²) in [5.41, 5.74) is 0.408. The maximum atomic E-state index is 12.2. The number of carbonyl (C=O) groups is 1. The largest absolute Gasteiger partial charge is 0.457 e. The molecule has 1 heterocycles. The van der Waals surface area contributed by atoms with Crippen LogP contribution in [0.5, 0.6) is 0 Å². The smallest absolute Gasteiger partial charge is 0.292 e. The maximum absolute atomic E-state index is 12.2. The number of hydrogen-bond acceptors (Lipinski definition) is 8. The Balaban J connectivity index is 2.06. The van der Waals surface area contributed by atoms with Crippen molar-refractivity contribution in [1.29, 1.82) is 0 Å². The standard InChI is InChI=1S/C20H27N5O5/c1-5-14(30-15-7-6-8-17(21-2)18(9-15)25(27)28)10-19(22-3)23-20(26)13-24-11-16(12-24)29-4/h5-7,9-10,16,21H,3,8,11-13H2,1-2,4H3,(H,23,26)/b14-5+,19-10+. The van der Waals surface area contributed by atoms with Gasteiger partial charge in [-0.05, 0) is 25.8 Å². The first-order chi connectivity index (χ1) is 14.4. The maximum Gasteiger partial charge on any atom is 0.292 e. The van der Waals surface area contributed by atoms with Crippen molar-refractivity contribution in [1.82, 2.24) is 15.5 Å². The molecule has 1 aliphatic carbocycles. The Labute approximate surface area is 175 Å². The van der Waals surface area contributed by atoms with E-state index in [9.17, 15) is 14.9 Å². The van der Waals surface area contributed by atoms with Crippen LogP contribution in [0.15, 0.2) is 64.1 Å². The van der Waals surface area contributed by atoms with Crippen LogP contribution in [0, 0.1) is 10.1 Å². The number of carbonyl (C=O) groups excluding carboxylic acids is 1. The second kappa shape index (κ2) is 11.1. The molecule has 30 heavy (non-hydrogen) atoms. The predicted molar refractivity (Wildman–Crippen MR) is 113 cm³/mol. The summed E-state index contributed by atoms with van der Waals surface area (Å²) in [6.07, 6.45) is 8.48. The first-order valence-corrected chi connectivity index (χ1v) is 9.41. The third-order valence-corrected chi connectivity index (χ3v) is 4.55. The monoisotopic (exact) mass is 417 g/mol. The number of likely N-dealkylation sites (tertiary alicyclic amines) is 1. The Morgan fingerprint density at radius 2 is 2.23 bits per heavy atom. The van der Waals surface area contributed by atoms with Crippen molar-refractivity contribution in [2.75, 3.05) is 33.8 Å². The summed E-state index contributed by atoms with van der Waals surface area (Å²) in [6.45, 7) is 6.84. The fourth-order valence-electron chi connectivity index (χ4n) is 2.87. The summed E-state index contributed by atoms with van der Waals surface area (Å²) in [4.78, 5) is 28.9. The number of ether oxygens (including phenoxy) is 2. The van der Waals surface area contributed by atoms with Gasteiger partial charge < -0.3 is 20.1 Å². The lowest BCUT2D eigenvalue weighted by molar-refractivity contribution is -0.420. The van der Waals surface area contributed by atoms with Gasteiger partial charge in [0.1, 0.15) is 17.3 Å². The third-order valence-electron chi connectivity index (χ3n) is 4.55. The van der Waals surface area contributed by atoms with E-state index in [1.165, 1.54) is 12.2 Å². The van der Waals surface area contributed by atoms with Crippen molar-refractivity contribution < 1.29 is 19.2 Å². The number of hydrogen-bond donors (Lipinski definition) is 2. The van der Waals surface area contributed by atoms with Gasteiger partial charge in [-0.25, -0.2) is 4.99 Å². The number of nitrogens with zero attached hydrogens (tertiary/aromatic N) is 3. The zero-order valence-corrected chi connectivity index (χ0v) is 17.4. The van der Waals surface area contributed by atoms with Crippen LogP contribution in [0.2, 0.25) is 0 Å². The number of amides is 1. The Morgan fingerprint density at radius 3 is 2.80 bits per heavy atom. The minimum atomic E-state index is -0.464. The molecule has 0 aromatic rings. The molecule has 0 aromatic heterocycles. The van der Waals surface area contributed by atoms with Gasteiger partial charge in [0.25, 0.3) is 5.70 Å². The highest BCUT2D eigenvalue weighted by molar-refractivity contribution is 5.80. The van der Waals surface area contributed by atoms with E-state index >= 15 is 0 Å². The summed E-state index contributed by atoms with van der Waals surface area (Å²) in [5, 5.41) is 16.9. The van der Waals surface area contributed by atoms with E-state index in [2.05, 4.69) is 22.3 Å². The zero-order valence-electron chi connectivity index (χ0n) is 17.4. The molecule has 0 atom stereocenters. The van der Waals surface area contributed by atoms with E-state index in [0.717, 1.165) is 0 Å². The zero-order chi connectivity index (χ0) is 22.1. The van der Waals surface area contributed by atoms with E-state index in [4.69, 9.17) is 9.47 Å². The molecule has 10 nitrogen and oxygen atoms in total. The average molecular weight is 417 g/mol. The van der Waals surface area contributed by atoms with E-state index in [0.29, 0.717) is 31.0 Å². The number of allylic oxidation sites excluding steroid dienone is 5. The van der Waals surface area contributed by atoms with Gasteiger partial charge in [0.15, 0.2) is 0 Å². The highest BCUT2D eigenvalue weighted by Crippen LogP contribution is 2.20. The van der Waals surface area contributed by atoms with Gasteiger partial charge >= 0.3 is 0 Å². The normalized spacial score (nSPS) is 18.3. The molecule has 2 N–H and O–H groups in total. The molecule has 1 aliphatic heterocycles. The molecule has 1 amide bonds. The minimum absolute atomic E-state index is 0.0729. The Kier molecular flexibility index (Phi) is 8.51. The molecule has 10 heteroatoms. The van der Waals surface area contributed by atoms with Crippen LogP contribution in [0.4, 0.5) is 0 Å². The number of nitrogens with one attached hydrogen (secondary N) is 2. The Hall–Kier alpha value is -3.24. The van der Waals surface area contributed by atoms with E-state index in [-0.39, 0.29) is 35.8 Å². The number of nitro groups is 1. The number of methoxy groups -OCH3 is 1. The molecule has 1 saturated heterocycles. The van der Waals surface area contributed by atoms with E-state index in [1.807, 2.05) is 4.90 Å². The van der Waals surface area contributed by atoms with Crippen molar-refractivity contribution in [3.8, 4) is 0 Å². The van der Waals surface area contributed by atoms with Crippen molar-refractivity contribution in [3.05, 3.63) is 69.2 Å². The lowest BCUT2D eigenvalue weighted by atomic mass is 10.2. The summed E-state index contributed by atoms with van der Waals surface area (Å²) in [5.74, 6) is 0.630. The molecule has 2 aliphatic rings. The van der Waals surface area contributed by atoms with Crippen LogP contribution in [0.3, 0.4) is 0 Å². The van der Waals surface area contributed by atoms with Crippen LogP contribution in [-0.4, -0.2) is 62.3 Å². The topological polar surface area (TPSA) is 118 Å². The van der Waals surface area contributed by atoms with Gasteiger partial charge in [0.2, 0.25) is 5.91 Å². The molecule has 0 saturated carbocycles. The quantitative estimate of drug-likeness (QED) is 0.182. The fourth-order valence-corrected chi connectivity index (χ4v) is 2.87. The Morgan fingerprint density at radius 1 is 1.50 bits per heavy atom. The van der Waals surface area contributed by atoms with E-state index in [1.54, 1.807) is 39.3 Å². The molecule has 1 fully saturated rings. The van der Waals surface area contributed by atoms with Crippen LogP contribution >= 0.6 is 0 Å². The molecular formula is C20H27N5O5. The van der Waals surface area contributed by atoms with Gasteiger partial charge in [-0.2, -0.15) is 0 Å². The SMILES string of the molecule is C=N/C(=C\C(=C/C)OC1=CC([N+](=O)[O-])=C(NC)CC=C1)NC(=O)CN1CC(OC)C1. The van der Waals surface area contributed by atoms with Crippen molar-refractivity contribution in [2.45, 2.75) is 19.4 Å². The third kappa shape index (κ3) is 6.39. The van der Waals surface area contributed by atoms with Gasteiger partial charge in [0, 0.05) is 39.7 Å². The Bertz CT molecular complexity index is 835. The molecule has 0 spiro atoms. The van der Waals surface area contributed by atoms with Crippen LogP contribution < -0.4 is 10.6 Å². The molecule has 2 rings (SSSR count). The first kappa shape index (κ1) is 23.0. The molecule has 0 bridgehead atoms. The molecular weight excluding hydrogens is 390 g/mol. The fraction of sp³-hybridized carbons (Fsp3) is 0.400. The van der Waals surface area contributed by atoms with Gasteiger partial charge in [-0.3, -0.25) is 19.8 Å². The highest BCUT2D eigenvalue weighted by Gasteiger charge is 2.27. The van der Waals surface area contributed by atoms with E-state index < -0.39 is 4.92 Å². The summed E-state index contributed by atoms with van der Waals surface area (Å²) in [6, 6.07) is 0. The van der Waals surface area contributed by atoms with Crippen LogP contribution in [-0.2, 0) is 14.3 Å². The first-order valence-electron chi connectivity index (χ1n) is 9.41. The molecule has 0 aromatic carbocycles. The summed E-state index contributed by atoms with van der Waals surface area (Å²) < 4.78 is 11.0.